The van der Waals surface area contributed by atoms with Gasteiger partial charge in [-0.15, -0.1) is 0 Å². The average Bonchev–Trinajstić information content (AvgIpc) is 2.74. The Kier molecular flexibility index (Phi) is 3.40. The summed E-state index contributed by atoms with van der Waals surface area (Å²) in [6.45, 7) is 3.51. The number of hydrogen-bond acceptors (Lipinski definition) is 5. The van der Waals surface area contributed by atoms with Gasteiger partial charge in [0.2, 0.25) is 5.90 Å². The standard InChI is InChI=1S/C11H18N2O4/c1-3-16-10(14)13-6-4-11(5-7-13)8-9(15-2)12-17-11/h3-8H2,1-2H3. The fraction of sp³-hybridized carbons (Fsp3) is 0.818. The van der Waals surface area contributed by atoms with Crippen molar-refractivity contribution in [2.45, 2.75) is 31.8 Å². The average molecular weight is 242 g/mol. The summed E-state index contributed by atoms with van der Waals surface area (Å²) in [5.74, 6) is 0.634. The van der Waals surface area contributed by atoms with Crippen LogP contribution in [-0.4, -0.2) is 49.3 Å². The largest absolute Gasteiger partial charge is 0.482 e. The maximum Gasteiger partial charge on any atom is 0.409 e. The lowest BCUT2D eigenvalue weighted by Gasteiger charge is -2.36. The lowest BCUT2D eigenvalue weighted by molar-refractivity contribution is -0.0591. The SMILES string of the molecule is CCOC(=O)N1CCC2(CC1)CC(OC)=NO2. The summed E-state index contributed by atoms with van der Waals surface area (Å²) in [6, 6.07) is 0. The quantitative estimate of drug-likeness (QED) is 0.696. The van der Waals surface area contributed by atoms with E-state index in [1.165, 1.54) is 0 Å². The van der Waals surface area contributed by atoms with Crippen LogP contribution < -0.4 is 0 Å². The van der Waals surface area contributed by atoms with Crippen molar-refractivity contribution in [3.63, 3.8) is 0 Å². The Labute approximate surface area is 100 Å². The highest BCUT2D eigenvalue weighted by Crippen LogP contribution is 2.34. The summed E-state index contributed by atoms with van der Waals surface area (Å²) in [7, 11) is 1.59. The minimum absolute atomic E-state index is 0.242. The molecule has 0 saturated carbocycles. The highest BCUT2D eigenvalue weighted by molar-refractivity contribution is 5.78. The van der Waals surface area contributed by atoms with E-state index >= 15 is 0 Å². The minimum atomic E-state index is -0.270. The zero-order valence-corrected chi connectivity index (χ0v) is 10.3. The number of hydrogen-bond donors (Lipinski definition) is 0. The Bertz CT molecular complexity index is 321. The molecule has 6 nitrogen and oxygen atoms in total. The molecular weight excluding hydrogens is 224 g/mol. The van der Waals surface area contributed by atoms with Crippen LogP contribution in [0.5, 0.6) is 0 Å². The third-order valence-electron chi connectivity index (χ3n) is 3.25. The van der Waals surface area contributed by atoms with Crippen LogP contribution in [-0.2, 0) is 14.3 Å². The molecule has 1 amide bonds. The highest BCUT2D eigenvalue weighted by Gasteiger charge is 2.43. The van der Waals surface area contributed by atoms with Gasteiger partial charge in [-0.05, 0) is 6.92 Å². The summed E-state index contributed by atoms with van der Waals surface area (Å²) < 4.78 is 10.0. The van der Waals surface area contributed by atoms with Crippen molar-refractivity contribution in [2.75, 3.05) is 26.8 Å². The number of rotatable bonds is 1. The molecule has 1 saturated heterocycles. The van der Waals surface area contributed by atoms with E-state index in [0.717, 1.165) is 12.8 Å². The van der Waals surface area contributed by atoms with Crippen LogP contribution in [0.2, 0.25) is 0 Å². The number of piperidine rings is 1. The van der Waals surface area contributed by atoms with E-state index in [1.807, 2.05) is 6.92 Å². The van der Waals surface area contributed by atoms with Gasteiger partial charge in [0.15, 0.2) is 0 Å². The number of likely N-dealkylation sites (tertiary alicyclic amines) is 1. The maximum atomic E-state index is 11.5. The van der Waals surface area contributed by atoms with Crippen molar-refractivity contribution < 1.29 is 19.1 Å². The molecule has 96 valence electrons. The van der Waals surface area contributed by atoms with Gasteiger partial charge in [0.05, 0.1) is 20.1 Å². The van der Waals surface area contributed by atoms with E-state index in [4.69, 9.17) is 14.3 Å². The smallest absolute Gasteiger partial charge is 0.409 e. The van der Waals surface area contributed by atoms with Crippen molar-refractivity contribution >= 4 is 12.0 Å². The molecule has 2 aliphatic heterocycles. The number of carbonyl (C=O) groups is 1. The van der Waals surface area contributed by atoms with E-state index in [9.17, 15) is 4.79 Å². The van der Waals surface area contributed by atoms with Crippen LogP contribution in [0.4, 0.5) is 4.79 Å². The predicted octanol–water partition coefficient (Wildman–Crippen LogP) is 1.36. The first-order chi connectivity index (χ1) is 8.19. The zero-order valence-electron chi connectivity index (χ0n) is 10.3. The summed E-state index contributed by atoms with van der Waals surface area (Å²) in [5, 5.41) is 3.90. The third kappa shape index (κ3) is 2.45. The summed E-state index contributed by atoms with van der Waals surface area (Å²) >= 11 is 0. The Hall–Kier alpha value is -1.46. The molecule has 17 heavy (non-hydrogen) atoms. The van der Waals surface area contributed by atoms with Crippen molar-refractivity contribution in [1.29, 1.82) is 0 Å². The molecule has 0 radical (unpaired) electrons. The van der Waals surface area contributed by atoms with Gasteiger partial charge in [0, 0.05) is 25.9 Å². The van der Waals surface area contributed by atoms with Gasteiger partial charge >= 0.3 is 6.09 Å². The second-order valence-electron chi connectivity index (χ2n) is 4.33. The fourth-order valence-electron chi connectivity index (χ4n) is 2.18. The van der Waals surface area contributed by atoms with Crippen LogP contribution in [0.1, 0.15) is 26.2 Å². The summed E-state index contributed by atoms with van der Waals surface area (Å²) in [5.41, 5.74) is -0.270. The van der Waals surface area contributed by atoms with Gasteiger partial charge in [-0.1, -0.05) is 5.16 Å². The molecule has 2 rings (SSSR count). The summed E-state index contributed by atoms with van der Waals surface area (Å²) in [4.78, 5) is 18.7. The third-order valence-corrected chi connectivity index (χ3v) is 3.25. The monoisotopic (exact) mass is 242 g/mol. The molecule has 6 heteroatoms. The molecule has 0 aromatic carbocycles. The van der Waals surface area contributed by atoms with Crippen LogP contribution in [0.25, 0.3) is 0 Å². The van der Waals surface area contributed by atoms with Gasteiger partial charge in [0.1, 0.15) is 5.60 Å². The van der Waals surface area contributed by atoms with Crippen LogP contribution >= 0.6 is 0 Å². The van der Waals surface area contributed by atoms with Crippen LogP contribution in [0.3, 0.4) is 0 Å². The molecule has 0 bridgehead atoms. The highest BCUT2D eigenvalue weighted by atomic mass is 16.7. The predicted molar refractivity (Wildman–Crippen MR) is 60.7 cm³/mol. The number of amides is 1. The van der Waals surface area contributed by atoms with E-state index < -0.39 is 0 Å². The zero-order chi connectivity index (χ0) is 12.3. The minimum Gasteiger partial charge on any atom is -0.482 e. The van der Waals surface area contributed by atoms with Gasteiger partial charge in [-0.2, -0.15) is 0 Å². The van der Waals surface area contributed by atoms with Crippen molar-refractivity contribution in [3.8, 4) is 0 Å². The second kappa shape index (κ2) is 4.81. The van der Waals surface area contributed by atoms with Crippen LogP contribution in [0, 0.1) is 0 Å². The maximum absolute atomic E-state index is 11.5. The molecule has 1 fully saturated rings. The normalized spacial score (nSPS) is 22.0. The molecule has 2 heterocycles. The Balaban J connectivity index is 1.85. The lowest BCUT2D eigenvalue weighted by Crippen LogP contribution is -2.47. The Morgan fingerprint density at radius 1 is 1.53 bits per heavy atom. The van der Waals surface area contributed by atoms with Crippen molar-refractivity contribution in [2.24, 2.45) is 5.16 Å². The first-order valence-electron chi connectivity index (χ1n) is 5.90. The van der Waals surface area contributed by atoms with Gasteiger partial charge in [-0.3, -0.25) is 0 Å². The van der Waals surface area contributed by atoms with Crippen molar-refractivity contribution in [3.05, 3.63) is 0 Å². The molecule has 0 N–H and O–H groups in total. The number of oxime groups is 1. The van der Waals surface area contributed by atoms with Gasteiger partial charge in [-0.25, -0.2) is 4.79 Å². The topological polar surface area (TPSA) is 60.4 Å². The van der Waals surface area contributed by atoms with E-state index in [1.54, 1.807) is 12.0 Å². The van der Waals surface area contributed by atoms with Gasteiger partial charge in [0.25, 0.3) is 0 Å². The second-order valence-corrected chi connectivity index (χ2v) is 4.33. The van der Waals surface area contributed by atoms with Crippen LogP contribution in [0.15, 0.2) is 5.16 Å². The molecule has 1 spiro atoms. The molecular formula is C11H18N2O4. The summed E-state index contributed by atoms with van der Waals surface area (Å²) in [6.07, 6.45) is 1.98. The van der Waals surface area contributed by atoms with Gasteiger partial charge < -0.3 is 19.2 Å². The molecule has 0 aliphatic carbocycles. The number of nitrogens with zero attached hydrogens (tertiary/aromatic N) is 2. The first kappa shape index (κ1) is 12.0. The van der Waals surface area contributed by atoms with E-state index in [2.05, 4.69) is 5.16 Å². The molecule has 0 aromatic rings. The molecule has 0 atom stereocenters. The fourth-order valence-corrected chi connectivity index (χ4v) is 2.18. The number of methoxy groups -OCH3 is 1. The lowest BCUT2D eigenvalue weighted by atomic mass is 9.89. The number of carbonyl (C=O) groups excluding carboxylic acids is 1. The van der Waals surface area contributed by atoms with E-state index in [-0.39, 0.29) is 11.7 Å². The Morgan fingerprint density at radius 2 is 2.24 bits per heavy atom. The van der Waals surface area contributed by atoms with Crippen molar-refractivity contribution in [1.82, 2.24) is 4.90 Å². The molecule has 2 aliphatic rings. The molecule has 0 unspecified atom stereocenters. The first-order valence-corrected chi connectivity index (χ1v) is 5.90. The number of ether oxygens (including phenoxy) is 2. The Morgan fingerprint density at radius 3 is 2.76 bits per heavy atom. The molecule has 0 aromatic heterocycles. The van der Waals surface area contributed by atoms with E-state index in [0.29, 0.717) is 32.0 Å².